The Hall–Kier alpha value is -0.0800. The summed E-state index contributed by atoms with van der Waals surface area (Å²) >= 11 is 0. The van der Waals surface area contributed by atoms with E-state index in [0.29, 0.717) is 12.2 Å². The molecule has 0 saturated carbocycles. The molecule has 0 aromatic heterocycles. The van der Waals surface area contributed by atoms with Crippen molar-refractivity contribution in [1.29, 1.82) is 0 Å². The van der Waals surface area contributed by atoms with Crippen LogP contribution in [0.15, 0.2) is 0 Å². The molecule has 1 aliphatic rings. The number of ether oxygens (including phenoxy) is 2. The molecule has 0 spiro atoms. The molecule has 1 heterocycles. The Morgan fingerprint density at radius 1 is 1.00 bits per heavy atom. The highest BCUT2D eigenvalue weighted by Gasteiger charge is 2.36. The van der Waals surface area contributed by atoms with E-state index in [1.807, 2.05) is 0 Å². The van der Waals surface area contributed by atoms with Gasteiger partial charge in [-0.25, -0.2) is 0 Å². The summed E-state index contributed by atoms with van der Waals surface area (Å²) < 4.78 is 11.6. The van der Waals surface area contributed by atoms with Gasteiger partial charge in [0, 0.05) is 0 Å². The van der Waals surface area contributed by atoms with Crippen LogP contribution in [0.3, 0.4) is 0 Å². The van der Waals surface area contributed by atoms with E-state index < -0.39 is 0 Å². The first-order valence-electron chi connectivity index (χ1n) is 4.97. The van der Waals surface area contributed by atoms with E-state index in [2.05, 4.69) is 27.7 Å². The highest BCUT2D eigenvalue weighted by atomic mass is 16.7. The van der Waals surface area contributed by atoms with Crippen molar-refractivity contribution in [3.63, 3.8) is 0 Å². The molecule has 0 bridgehead atoms. The van der Waals surface area contributed by atoms with Gasteiger partial charge in [0.15, 0.2) is 5.79 Å². The largest absolute Gasteiger partial charge is 0.347 e. The number of hydrogen-bond donors (Lipinski definition) is 0. The maximum atomic E-state index is 5.82. The van der Waals surface area contributed by atoms with Crippen LogP contribution in [0.5, 0.6) is 0 Å². The fourth-order valence-corrected chi connectivity index (χ4v) is 1.91. The maximum Gasteiger partial charge on any atom is 0.168 e. The van der Waals surface area contributed by atoms with Gasteiger partial charge in [0.05, 0.1) is 12.2 Å². The van der Waals surface area contributed by atoms with E-state index in [1.54, 1.807) is 0 Å². The molecule has 0 aromatic carbocycles. The Morgan fingerprint density at radius 3 is 1.64 bits per heavy atom. The smallest absolute Gasteiger partial charge is 0.168 e. The minimum absolute atomic E-state index is 0. The van der Waals surface area contributed by atoms with Crippen LogP contribution < -0.4 is 0 Å². The second-order valence-corrected chi connectivity index (χ2v) is 3.71. The zero-order chi connectivity index (χ0) is 9.19. The molecule has 0 N–H and O–H groups in total. The van der Waals surface area contributed by atoms with E-state index in [0.717, 1.165) is 19.3 Å². The van der Waals surface area contributed by atoms with Gasteiger partial charge in [-0.2, -0.15) is 0 Å². The molecule has 1 aliphatic heterocycles. The molecular formula is C12H28O2. The summed E-state index contributed by atoms with van der Waals surface area (Å²) in [7, 11) is 0. The van der Waals surface area contributed by atoms with Crippen molar-refractivity contribution in [2.45, 2.75) is 79.8 Å². The lowest BCUT2D eigenvalue weighted by molar-refractivity contribution is -0.313. The van der Waals surface area contributed by atoms with Crippen molar-refractivity contribution in [2.75, 3.05) is 0 Å². The average Bonchev–Trinajstić information content (AvgIpc) is 2.02. The van der Waals surface area contributed by atoms with Crippen LogP contribution in [0, 0.1) is 0 Å². The SMILES string of the molecule is C.C.CCC1(CC)OC(C)CC(C)O1. The normalized spacial score (nSPS) is 30.0. The van der Waals surface area contributed by atoms with Gasteiger partial charge < -0.3 is 9.47 Å². The van der Waals surface area contributed by atoms with Crippen LogP contribution in [0.2, 0.25) is 0 Å². The summed E-state index contributed by atoms with van der Waals surface area (Å²) in [6.07, 6.45) is 3.58. The predicted octanol–water partition coefficient (Wildman–Crippen LogP) is 3.99. The summed E-state index contributed by atoms with van der Waals surface area (Å²) in [6.45, 7) is 8.49. The number of hydrogen-bond acceptors (Lipinski definition) is 2. The number of rotatable bonds is 2. The Balaban J connectivity index is 0. The van der Waals surface area contributed by atoms with Gasteiger partial charge in [-0.1, -0.05) is 28.7 Å². The van der Waals surface area contributed by atoms with Crippen LogP contribution >= 0.6 is 0 Å². The topological polar surface area (TPSA) is 18.5 Å². The lowest BCUT2D eigenvalue weighted by Crippen LogP contribution is -2.46. The van der Waals surface area contributed by atoms with Crippen molar-refractivity contribution in [3.05, 3.63) is 0 Å². The van der Waals surface area contributed by atoms with Crippen molar-refractivity contribution >= 4 is 0 Å². The quantitative estimate of drug-likeness (QED) is 0.677. The van der Waals surface area contributed by atoms with Crippen molar-refractivity contribution in [2.24, 2.45) is 0 Å². The van der Waals surface area contributed by atoms with Crippen LogP contribution in [0.1, 0.15) is 61.8 Å². The zero-order valence-electron chi connectivity index (χ0n) is 8.59. The van der Waals surface area contributed by atoms with E-state index in [-0.39, 0.29) is 20.6 Å². The fraction of sp³-hybridized carbons (Fsp3) is 1.00. The highest BCUT2D eigenvalue weighted by molar-refractivity contribution is 4.76. The van der Waals surface area contributed by atoms with Gasteiger partial charge in [-0.15, -0.1) is 0 Å². The van der Waals surface area contributed by atoms with E-state index in [1.165, 1.54) is 0 Å². The molecule has 14 heavy (non-hydrogen) atoms. The molecule has 2 atom stereocenters. The summed E-state index contributed by atoms with van der Waals surface area (Å²) in [6, 6.07) is 0. The summed E-state index contributed by atoms with van der Waals surface area (Å²) in [4.78, 5) is 0. The van der Waals surface area contributed by atoms with Gasteiger partial charge in [0.1, 0.15) is 0 Å². The van der Waals surface area contributed by atoms with Crippen LogP contribution in [-0.4, -0.2) is 18.0 Å². The summed E-state index contributed by atoms with van der Waals surface area (Å²) in [5.74, 6) is -0.295. The third-order valence-corrected chi connectivity index (χ3v) is 2.57. The molecule has 0 aromatic rings. The molecule has 0 radical (unpaired) electrons. The monoisotopic (exact) mass is 204 g/mol. The van der Waals surface area contributed by atoms with Crippen LogP contribution in [-0.2, 0) is 9.47 Å². The van der Waals surface area contributed by atoms with Crippen LogP contribution in [0.4, 0.5) is 0 Å². The third-order valence-electron chi connectivity index (χ3n) is 2.57. The minimum Gasteiger partial charge on any atom is -0.347 e. The Kier molecular flexibility index (Phi) is 7.49. The zero-order valence-corrected chi connectivity index (χ0v) is 8.59. The van der Waals surface area contributed by atoms with Gasteiger partial charge in [-0.05, 0) is 33.1 Å². The van der Waals surface area contributed by atoms with Crippen LogP contribution in [0.25, 0.3) is 0 Å². The first kappa shape index (κ1) is 16.4. The molecule has 2 unspecified atom stereocenters. The van der Waals surface area contributed by atoms with Crippen molar-refractivity contribution in [1.82, 2.24) is 0 Å². The Morgan fingerprint density at radius 2 is 1.36 bits per heavy atom. The Bertz CT molecular complexity index is 129. The molecule has 1 saturated heterocycles. The molecule has 1 rings (SSSR count). The van der Waals surface area contributed by atoms with E-state index >= 15 is 0 Å². The molecule has 2 nitrogen and oxygen atoms in total. The first-order chi connectivity index (χ1) is 5.62. The van der Waals surface area contributed by atoms with Gasteiger partial charge in [0.25, 0.3) is 0 Å². The van der Waals surface area contributed by atoms with E-state index in [4.69, 9.17) is 9.47 Å². The predicted molar refractivity (Wildman–Crippen MR) is 62.5 cm³/mol. The fourth-order valence-electron chi connectivity index (χ4n) is 1.91. The summed E-state index contributed by atoms with van der Waals surface area (Å²) in [5, 5.41) is 0. The standard InChI is InChI=1S/C10H20O2.2CH4/c1-5-10(6-2)11-8(3)7-9(4)12-10;;/h8-9H,5-7H2,1-4H3;2*1H4. The molecule has 0 aliphatic carbocycles. The third kappa shape index (κ3) is 3.58. The Labute approximate surface area is 90.0 Å². The van der Waals surface area contributed by atoms with E-state index in [9.17, 15) is 0 Å². The minimum atomic E-state index is -0.295. The van der Waals surface area contributed by atoms with Crippen molar-refractivity contribution in [3.8, 4) is 0 Å². The first-order valence-corrected chi connectivity index (χ1v) is 4.97. The van der Waals surface area contributed by atoms with Gasteiger partial charge in [0.2, 0.25) is 0 Å². The lowest BCUT2D eigenvalue weighted by Gasteiger charge is -2.42. The second-order valence-electron chi connectivity index (χ2n) is 3.71. The average molecular weight is 204 g/mol. The van der Waals surface area contributed by atoms with Gasteiger partial charge >= 0.3 is 0 Å². The second kappa shape index (κ2) is 6.41. The molecular weight excluding hydrogens is 176 g/mol. The molecule has 1 fully saturated rings. The molecule has 88 valence electrons. The summed E-state index contributed by atoms with van der Waals surface area (Å²) in [5.41, 5.74) is 0. The van der Waals surface area contributed by atoms with Gasteiger partial charge in [-0.3, -0.25) is 0 Å². The highest BCUT2D eigenvalue weighted by Crippen LogP contribution is 2.32. The lowest BCUT2D eigenvalue weighted by atomic mass is 10.1. The van der Waals surface area contributed by atoms with Crippen molar-refractivity contribution < 1.29 is 9.47 Å². The molecule has 2 heteroatoms. The molecule has 0 amide bonds. The maximum absolute atomic E-state index is 5.82.